The van der Waals surface area contributed by atoms with Gasteiger partial charge in [-0.3, -0.25) is 0 Å². The lowest BCUT2D eigenvalue weighted by atomic mass is 10.0. The minimum atomic E-state index is -0.423. The molecule has 1 heteroatoms. The summed E-state index contributed by atoms with van der Waals surface area (Å²) in [4.78, 5) is 0. The van der Waals surface area contributed by atoms with Crippen LogP contribution >= 0.6 is 0 Å². The predicted octanol–water partition coefficient (Wildman–Crippen LogP) is 5.66. The molecule has 0 atom stereocenters. The Morgan fingerprint density at radius 1 is 0.850 bits per heavy atom. The molecule has 0 radical (unpaired) electrons. The van der Waals surface area contributed by atoms with E-state index < -0.39 is 5.83 Å². The molecular weight excluding hydrogens is 247 g/mol. The molecule has 2 aromatic carbocycles. The number of allylic oxidation sites excluding steroid dienone is 5. The Bertz CT molecular complexity index is 634. The van der Waals surface area contributed by atoms with E-state index in [2.05, 4.69) is 6.58 Å². The standard InChI is InChI=1S/C19H17F/c1-15(17-9-5-3-6-10-17)13-14-19(16(2)20)18-11-7-4-8-12-18/h3-14H,2H2,1H3/b15-13+,19-14+. The van der Waals surface area contributed by atoms with Crippen LogP contribution in [0.25, 0.3) is 11.1 Å². The summed E-state index contributed by atoms with van der Waals surface area (Å²) < 4.78 is 13.6. The van der Waals surface area contributed by atoms with Gasteiger partial charge in [-0.1, -0.05) is 79.4 Å². The molecule has 2 rings (SSSR count). The first-order valence-electron chi connectivity index (χ1n) is 6.52. The molecule has 100 valence electrons. The molecule has 0 aromatic heterocycles. The lowest BCUT2D eigenvalue weighted by molar-refractivity contribution is 0.678. The normalized spacial score (nSPS) is 12.3. The fourth-order valence-corrected chi connectivity index (χ4v) is 1.97. The maximum atomic E-state index is 13.6. The van der Waals surface area contributed by atoms with Gasteiger partial charge >= 0.3 is 0 Å². The van der Waals surface area contributed by atoms with E-state index in [0.717, 1.165) is 16.7 Å². The average Bonchev–Trinajstić information content (AvgIpc) is 2.49. The Hall–Kier alpha value is -2.41. The maximum absolute atomic E-state index is 13.6. The zero-order valence-corrected chi connectivity index (χ0v) is 11.5. The molecule has 0 aliphatic carbocycles. The summed E-state index contributed by atoms with van der Waals surface area (Å²) in [5.74, 6) is -0.423. The van der Waals surface area contributed by atoms with Gasteiger partial charge in [-0.2, -0.15) is 0 Å². The summed E-state index contributed by atoms with van der Waals surface area (Å²) in [6.07, 6.45) is 3.70. The van der Waals surface area contributed by atoms with Crippen molar-refractivity contribution in [2.24, 2.45) is 0 Å². The van der Waals surface area contributed by atoms with Crippen LogP contribution in [0.2, 0.25) is 0 Å². The fraction of sp³-hybridized carbons (Fsp3) is 0.0526. The molecule has 0 bridgehead atoms. The van der Waals surface area contributed by atoms with Crippen molar-refractivity contribution < 1.29 is 4.39 Å². The van der Waals surface area contributed by atoms with Crippen molar-refractivity contribution in [2.45, 2.75) is 6.92 Å². The second kappa shape index (κ2) is 6.67. The van der Waals surface area contributed by atoms with E-state index in [1.165, 1.54) is 0 Å². The van der Waals surface area contributed by atoms with Crippen molar-refractivity contribution >= 4 is 11.1 Å². The van der Waals surface area contributed by atoms with Gasteiger partial charge in [0.2, 0.25) is 0 Å². The quantitative estimate of drug-likeness (QED) is 0.625. The highest BCUT2D eigenvalue weighted by atomic mass is 19.1. The average molecular weight is 264 g/mol. The van der Waals surface area contributed by atoms with Crippen LogP contribution in [0.4, 0.5) is 4.39 Å². The van der Waals surface area contributed by atoms with Crippen molar-refractivity contribution in [3.63, 3.8) is 0 Å². The van der Waals surface area contributed by atoms with Crippen molar-refractivity contribution in [1.82, 2.24) is 0 Å². The topological polar surface area (TPSA) is 0 Å². The van der Waals surface area contributed by atoms with Gasteiger partial charge in [-0.15, -0.1) is 0 Å². The van der Waals surface area contributed by atoms with Gasteiger partial charge in [0.05, 0.1) is 0 Å². The summed E-state index contributed by atoms with van der Waals surface area (Å²) >= 11 is 0. The van der Waals surface area contributed by atoms with Gasteiger partial charge in [0.15, 0.2) is 0 Å². The van der Waals surface area contributed by atoms with Crippen LogP contribution in [0.1, 0.15) is 18.1 Å². The number of hydrogen-bond donors (Lipinski definition) is 0. The first-order chi connectivity index (χ1) is 9.68. The summed E-state index contributed by atoms with van der Waals surface area (Å²) in [5, 5.41) is 0. The zero-order chi connectivity index (χ0) is 14.4. The first kappa shape index (κ1) is 14.0. The van der Waals surface area contributed by atoms with E-state index in [0.29, 0.717) is 5.57 Å². The second-order valence-corrected chi connectivity index (χ2v) is 4.57. The molecule has 0 aliphatic heterocycles. The van der Waals surface area contributed by atoms with E-state index in [1.54, 1.807) is 6.08 Å². The summed E-state index contributed by atoms with van der Waals surface area (Å²) in [5.41, 5.74) is 3.55. The number of halogens is 1. The smallest absolute Gasteiger partial charge is 0.123 e. The molecule has 0 aliphatic rings. The Kier molecular flexibility index (Phi) is 4.67. The van der Waals surface area contributed by atoms with Crippen LogP contribution < -0.4 is 0 Å². The third-order valence-electron chi connectivity index (χ3n) is 3.11. The lowest BCUT2D eigenvalue weighted by Crippen LogP contribution is -1.84. The van der Waals surface area contributed by atoms with Gasteiger partial charge in [-0.25, -0.2) is 4.39 Å². The molecule has 0 nitrogen and oxygen atoms in total. The van der Waals surface area contributed by atoms with Crippen LogP contribution in [-0.2, 0) is 0 Å². The van der Waals surface area contributed by atoms with Gasteiger partial charge < -0.3 is 0 Å². The maximum Gasteiger partial charge on any atom is 0.123 e. The van der Waals surface area contributed by atoms with Gasteiger partial charge in [0.1, 0.15) is 5.83 Å². The third kappa shape index (κ3) is 3.55. The SMILES string of the molecule is C=C(F)/C(=C\C=C(/C)c1ccccc1)c1ccccc1. The molecule has 20 heavy (non-hydrogen) atoms. The van der Waals surface area contributed by atoms with Crippen molar-refractivity contribution in [3.8, 4) is 0 Å². The van der Waals surface area contributed by atoms with Gasteiger partial charge in [0.25, 0.3) is 0 Å². The van der Waals surface area contributed by atoms with E-state index in [1.807, 2.05) is 73.7 Å². The van der Waals surface area contributed by atoms with Gasteiger partial charge in [0, 0.05) is 5.57 Å². The molecule has 2 aromatic rings. The number of rotatable bonds is 4. The fourth-order valence-electron chi connectivity index (χ4n) is 1.97. The van der Waals surface area contributed by atoms with Crippen LogP contribution in [0.5, 0.6) is 0 Å². The minimum Gasteiger partial charge on any atom is -0.207 e. The Labute approximate surface area is 119 Å². The molecule has 0 unspecified atom stereocenters. The summed E-state index contributed by atoms with van der Waals surface area (Å²) in [6, 6.07) is 19.5. The molecule has 0 fully saturated rings. The summed E-state index contributed by atoms with van der Waals surface area (Å²) in [6.45, 7) is 5.43. The van der Waals surface area contributed by atoms with E-state index in [4.69, 9.17) is 0 Å². The molecule has 0 spiro atoms. The summed E-state index contributed by atoms with van der Waals surface area (Å²) in [7, 11) is 0. The van der Waals surface area contributed by atoms with Crippen molar-refractivity contribution in [2.75, 3.05) is 0 Å². The Morgan fingerprint density at radius 2 is 1.35 bits per heavy atom. The Morgan fingerprint density at radius 3 is 1.85 bits per heavy atom. The molecule has 0 saturated heterocycles. The lowest BCUT2D eigenvalue weighted by Gasteiger charge is -2.04. The monoisotopic (exact) mass is 264 g/mol. The van der Waals surface area contributed by atoms with Crippen LogP contribution in [0.15, 0.2) is 85.2 Å². The van der Waals surface area contributed by atoms with Crippen LogP contribution in [0.3, 0.4) is 0 Å². The number of benzene rings is 2. The Balaban J connectivity index is 2.34. The largest absolute Gasteiger partial charge is 0.207 e. The molecule has 0 heterocycles. The van der Waals surface area contributed by atoms with E-state index in [9.17, 15) is 4.39 Å². The van der Waals surface area contributed by atoms with Crippen LogP contribution in [0, 0.1) is 0 Å². The second-order valence-electron chi connectivity index (χ2n) is 4.57. The predicted molar refractivity (Wildman–Crippen MR) is 84.8 cm³/mol. The zero-order valence-electron chi connectivity index (χ0n) is 11.5. The molecular formula is C19H17F. The van der Waals surface area contributed by atoms with E-state index >= 15 is 0 Å². The van der Waals surface area contributed by atoms with Crippen molar-refractivity contribution in [3.05, 3.63) is 96.3 Å². The van der Waals surface area contributed by atoms with E-state index in [-0.39, 0.29) is 0 Å². The van der Waals surface area contributed by atoms with Crippen molar-refractivity contribution in [1.29, 1.82) is 0 Å². The third-order valence-corrected chi connectivity index (χ3v) is 3.11. The van der Waals surface area contributed by atoms with Crippen LogP contribution in [-0.4, -0.2) is 0 Å². The highest BCUT2D eigenvalue weighted by Crippen LogP contribution is 2.24. The molecule has 0 amide bonds. The highest BCUT2D eigenvalue weighted by Gasteiger charge is 2.03. The van der Waals surface area contributed by atoms with Gasteiger partial charge in [-0.05, 0) is 23.6 Å². The minimum absolute atomic E-state index is 0.423. The molecule has 0 saturated carbocycles. The first-order valence-corrected chi connectivity index (χ1v) is 6.52. The number of hydrogen-bond acceptors (Lipinski definition) is 0. The highest BCUT2D eigenvalue weighted by molar-refractivity contribution is 5.79. The molecule has 0 N–H and O–H groups in total.